The van der Waals surface area contributed by atoms with Gasteiger partial charge in [0.15, 0.2) is 6.29 Å². The number of hydrogen-bond acceptors (Lipinski definition) is 1. The third-order valence-electron chi connectivity index (χ3n) is 2.76. The number of carbonyl (C=O) groups excluding carboxylic acids is 1. The fourth-order valence-electron chi connectivity index (χ4n) is 1.95. The number of carbonyl (C=O) groups is 1. The third kappa shape index (κ3) is 1.26. The molecule has 1 aromatic rings. The fraction of sp³-hybridized carbons (Fsp3) is 0.364. The van der Waals surface area contributed by atoms with E-state index in [-0.39, 0.29) is 11.4 Å². The minimum atomic E-state index is -0.387. The molecule has 1 aliphatic rings. The maximum atomic E-state index is 13.2. The summed E-state index contributed by atoms with van der Waals surface area (Å²) in [6.45, 7) is 2.09. The summed E-state index contributed by atoms with van der Waals surface area (Å²) in [6.07, 6.45) is 2.62. The zero-order chi connectivity index (χ0) is 9.42. The predicted molar refractivity (Wildman–Crippen MR) is 48.5 cm³/mol. The van der Waals surface area contributed by atoms with E-state index >= 15 is 0 Å². The van der Waals surface area contributed by atoms with Crippen molar-refractivity contribution in [3.8, 4) is 0 Å². The van der Waals surface area contributed by atoms with E-state index < -0.39 is 0 Å². The molecule has 0 heterocycles. The molecule has 0 amide bonds. The number of aryl methyl sites for hydroxylation is 1. The van der Waals surface area contributed by atoms with Crippen LogP contribution in [0.4, 0.5) is 4.39 Å². The van der Waals surface area contributed by atoms with E-state index in [4.69, 9.17) is 0 Å². The van der Waals surface area contributed by atoms with Crippen LogP contribution in [0.1, 0.15) is 40.7 Å². The number of fused-ring (bicyclic) bond motifs is 1. The van der Waals surface area contributed by atoms with Crippen molar-refractivity contribution in [1.82, 2.24) is 0 Å². The van der Waals surface area contributed by atoms with Gasteiger partial charge in [-0.3, -0.25) is 4.79 Å². The Morgan fingerprint density at radius 2 is 2.31 bits per heavy atom. The van der Waals surface area contributed by atoms with Gasteiger partial charge in [0.05, 0.1) is 5.56 Å². The molecule has 68 valence electrons. The van der Waals surface area contributed by atoms with Crippen molar-refractivity contribution < 1.29 is 9.18 Å². The molecule has 0 spiro atoms. The highest BCUT2D eigenvalue weighted by Gasteiger charge is 2.20. The molecule has 13 heavy (non-hydrogen) atoms. The third-order valence-corrected chi connectivity index (χ3v) is 2.76. The summed E-state index contributed by atoms with van der Waals surface area (Å²) >= 11 is 0. The van der Waals surface area contributed by atoms with E-state index in [9.17, 15) is 9.18 Å². The Bertz CT molecular complexity index is 357. The standard InChI is InChI=1S/C11H11FO/c1-7-2-3-8-4-9(6-13)11(12)5-10(7)8/h4-7H,2-3H2,1H3. The molecule has 1 nitrogen and oxygen atoms in total. The Balaban J connectivity index is 2.56. The van der Waals surface area contributed by atoms with Crippen molar-refractivity contribution in [3.05, 3.63) is 34.6 Å². The molecule has 1 atom stereocenters. The van der Waals surface area contributed by atoms with E-state index in [1.54, 1.807) is 6.07 Å². The van der Waals surface area contributed by atoms with Gasteiger partial charge in [-0.25, -0.2) is 4.39 Å². The Labute approximate surface area is 76.6 Å². The monoisotopic (exact) mass is 178 g/mol. The molecule has 0 bridgehead atoms. The lowest BCUT2D eigenvalue weighted by atomic mass is 10.0. The number of hydrogen-bond donors (Lipinski definition) is 0. The molecular formula is C11H11FO. The fourth-order valence-corrected chi connectivity index (χ4v) is 1.95. The number of halogens is 1. The minimum absolute atomic E-state index is 0.188. The van der Waals surface area contributed by atoms with Crippen LogP contribution in [-0.4, -0.2) is 6.29 Å². The molecule has 0 aromatic heterocycles. The Morgan fingerprint density at radius 1 is 1.54 bits per heavy atom. The topological polar surface area (TPSA) is 17.1 Å². The van der Waals surface area contributed by atoms with Gasteiger partial charge in [0, 0.05) is 0 Å². The molecule has 1 unspecified atom stereocenters. The van der Waals surface area contributed by atoms with Crippen LogP contribution in [0.15, 0.2) is 12.1 Å². The van der Waals surface area contributed by atoms with Crippen LogP contribution in [0.5, 0.6) is 0 Å². The molecule has 1 aliphatic carbocycles. The van der Waals surface area contributed by atoms with Gasteiger partial charge in [-0.15, -0.1) is 0 Å². The van der Waals surface area contributed by atoms with E-state index in [2.05, 4.69) is 6.92 Å². The quantitative estimate of drug-likeness (QED) is 0.604. The van der Waals surface area contributed by atoms with Gasteiger partial charge in [-0.05, 0) is 42.0 Å². The van der Waals surface area contributed by atoms with Crippen molar-refractivity contribution in [2.75, 3.05) is 0 Å². The summed E-state index contributed by atoms with van der Waals surface area (Å²) in [5, 5.41) is 0. The maximum absolute atomic E-state index is 13.2. The molecule has 0 saturated carbocycles. The Morgan fingerprint density at radius 3 is 3.00 bits per heavy atom. The predicted octanol–water partition coefficient (Wildman–Crippen LogP) is 2.69. The van der Waals surface area contributed by atoms with Gasteiger partial charge >= 0.3 is 0 Å². The van der Waals surface area contributed by atoms with E-state index in [0.717, 1.165) is 24.0 Å². The van der Waals surface area contributed by atoms with E-state index in [0.29, 0.717) is 12.2 Å². The second kappa shape index (κ2) is 2.95. The first-order chi connectivity index (χ1) is 6.22. The highest BCUT2D eigenvalue weighted by molar-refractivity contribution is 5.76. The lowest BCUT2D eigenvalue weighted by molar-refractivity contribution is 0.111. The van der Waals surface area contributed by atoms with Crippen LogP contribution in [-0.2, 0) is 6.42 Å². The number of rotatable bonds is 1. The highest BCUT2D eigenvalue weighted by Crippen LogP contribution is 2.33. The lowest BCUT2D eigenvalue weighted by Gasteiger charge is -2.05. The van der Waals surface area contributed by atoms with Gasteiger partial charge in [0.25, 0.3) is 0 Å². The van der Waals surface area contributed by atoms with E-state index in [1.807, 2.05) is 0 Å². The first-order valence-corrected chi connectivity index (χ1v) is 4.50. The van der Waals surface area contributed by atoms with Crippen LogP contribution in [0.2, 0.25) is 0 Å². The normalized spacial score (nSPS) is 20.0. The molecule has 0 fully saturated rings. The summed E-state index contributed by atoms with van der Waals surface area (Å²) in [7, 11) is 0. The van der Waals surface area contributed by atoms with Crippen molar-refractivity contribution in [2.24, 2.45) is 0 Å². The molecule has 0 aliphatic heterocycles. The SMILES string of the molecule is CC1CCc2cc(C=O)c(F)cc21. The Hall–Kier alpha value is -1.18. The molecule has 2 rings (SSSR count). The van der Waals surface area contributed by atoms with E-state index in [1.165, 1.54) is 6.07 Å². The summed E-state index contributed by atoms with van der Waals surface area (Å²) in [6, 6.07) is 3.19. The molecule has 0 radical (unpaired) electrons. The Kier molecular flexibility index (Phi) is 1.91. The van der Waals surface area contributed by atoms with Crippen molar-refractivity contribution >= 4 is 6.29 Å². The number of benzene rings is 1. The van der Waals surface area contributed by atoms with Crippen molar-refractivity contribution in [2.45, 2.75) is 25.7 Å². The summed E-state index contributed by atoms with van der Waals surface area (Å²) < 4.78 is 13.2. The summed E-state index contributed by atoms with van der Waals surface area (Å²) in [4.78, 5) is 10.5. The average molecular weight is 178 g/mol. The summed E-state index contributed by atoms with van der Waals surface area (Å²) in [5.41, 5.74) is 2.40. The minimum Gasteiger partial charge on any atom is -0.298 e. The van der Waals surface area contributed by atoms with Gasteiger partial charge < -0.3 is 0 Å². The first-order valence-electron chi connectivity index (χ1n) is 4.50. The zero-order valence-electron chi connectivity index (χ0n) is 7.51. The lowest BCUT2D eigenvalue weighted by Crippen LogP contribution is -1.93. The van der Waals surface area contributed by atoms with Gasteiger partial charge in [0.2, 0.25) is 0 Å². The first kappa shape index (κ1) is 8.42. The van der Waals surface area contributed by atoms with Crippen LogP contribution >= 0.6 is 0 Å². The molecule has 2 heteroatoms. The largest absolute Gasteiger partial charge is 0.298 e. The van der Waals surface area contributed by atoms with Crippen LogP contribution in [0.3, 0.4) is 0 Å². The highest BCUT2D eigenvalue weighted by atomic mass is 19.1. The van der Waals surface area contributed by atoms with Crippen LogP contribution in [0, 0.1) is 5.82 Å². The van der Waals surface area contributed by atoms with Gasteiger partial charge in [-0.2, -0.15) is 0 Å². The molecule has 0 saturated heterocycles. The maximum Gasteiger partial charge on any atom is 0.153 e. The van der Waals surface area contributed by atoms with Gasteiger partial charge in [-0.1, -0.05) is 6.92 Å². The van der Waals surface area contributed by atoms with Crippen LogP contribution in [0.25, 0.3) is 0 Å². The number of aldehydes is 1. The van der Waals surface area contributed by atoms with Crippen LogP contribution < -0.4 is 0 Å². The molecule has 0 N–H and O–H groups in total. The molecule has 1 aromatic carbocycles. The average Bonchev–Trinajstić information content (AvgIpc) is 2.47. The van der Waals surface area contributed by atoms with Gasteiger partial charge in [0.1, 0.15) is 5.82 Å². The second-order valence-corrected chi connectivity index (χ2v) is 3.63. The van der Waals surface area contributed by atoms with Crippen molar-refractivity contribution in [1.29, 1.82) is 0 Å². The second-order valence-electron chi connectivity index (χ2n) is 3.63. The molecular weight excluding hydrogens is 167 g/mol. The summed E-state index contributed by atoms with van der Waals surface area (Å²) in [5.74, 6) is 0.0488. The zero-order valence-corrected chi connectivity index (χ0v) is 7.51. The van der Waals surface area contributed by atoms with Crippen molar-refractivity contribution in [3.63, 3.8) is 0 Å². The smallest absolute Gasteiger partial charge is 0.153 e.